The molecule has 0 unspecified atom stereocenters. The van der Waals surface area contributed by atoms with E-state index in [4.69, 9.17) is 27.9 Å². The Morgan fingerprint density at radius 3 is 2.50 bits per heavy atom. The Balaban J connectivity index is 2.26. The third-order valence-electron chi connectivity index (χ3n) is 2.41. The lowest BCUT2D eigenvalue weighted by Gasteiger charge is -2.09. The van der Waals surface area contributed by atoms with Gasteiger partial charge in [-0.2, -0.15) is 0 Å². The Morgan fingerprint density at radius 1 is 1.30 bits per heavy atom. The molecule has 1 aromatic heterocycles. The van der Waals surface area contributed by atoms with Crippen molar-refractivity contribution in [2.24, 2.45) is 0 Å². The summed E-state index contributed by atoms with van der Waals surface area (Å²) in [6.45, 7) is 0. The lowest BCUT2D eigenvalue weighted by atomic mass is 10.2. The van der Waals surface area contributed by atoms with Gasteiger partial charge in [0.15, 0.2) is 10.3 Å². The first-order chi connectivity index (χ1) is 9.52. The Morgan fingerprint density at radius 2 is 1.95 bits per heavy atom. The van der Waals surface area contributed by atoms with Gasteiger partial charge < -0.3 is 10.1 Å². The fourth-order valence-corrected chi connectivity index (χ4v) is 2.39. The molecule has 2 aromatic rings. The van der Waals surface area contributed by atoms with Gasteiger partial charge in [0.1, 0.15) is 17.8 Å². The molecule has 104 valence electrons. The van der Waals surface area contributed by atoms with Crippen molar-refractivity contribution >= 4 is 50.7 Å². The molecule has 0 aliphatic heterocycles. The summed E-state index contributed by atoms with van der Waals surface area (Å²) < 4.78 is 5.76. The van der Waals surface area contributed by atoms with Crippen LogP contribution in [0.5, 0.6) is 5.75 Å². The zero-order chi connectivity index (χ0) is 14.7. The number of carbonyl (C=O) groups excluding carboxylic acids is 1. The quantitative estimate of drug-likeness (QED) is 0.827. The lowest BCUT2D eigenvalue weighted by molar-refractivity contribution is 0.102. The smallest absolute Gasteiger partial charge is 0.255 e. The molecule has 5 nitrogen and oxygen atoms in total. The van der Waals surface area contributed by atoms with Crippen LogP contribution in [-0.2, 0) is 0 Å². The summed E-state index contributed by atoms with van der Waals surface area (Å²) >= 11 is 15.0. The molecular weight excluding hydrogens is 369 g/mol. The number of hydrogen-bond donors (Lipinski definition) is 1. The Hall–Kier alpha value is -1.37. The summed E-state index contributed by atoms with van der Waals surface area (Å²) in [6, 6.07) is 4.91. The molecule has 0 saturated carbocycles. The number of benzene rings is 1. The maximum absolute atomic E-state index is 12.1. The van der Waals surface area contributed by atoms with E-state index in [1.165, 1.54) is 6.33 Å². The van der Waals surface area contributed by atoms with Crippen LogP contribution >= 0.6 is 39.1 Å². The van der Waals surface area contributed by atoms with Crippen LogP contribution in [0.3, 0.4) is 0 Å². The van der Waals surface area contributed by atoms with Crippen molar-refractivity contribution in [2.75, 3.05) is 12.4 Å². The minimum atomic E-state index is -0.382. The number of nitrogens with one attached hydrogen (secondary N) is 1. The summed E-state index contributed by atoms with van der Waals surface area (Å²) in [4.78, 5) is 19.6. The summed E-state index contributed by atoms with van der Waals surface area (Å²) in [5, 5.41) is 2.72. The van der Waals surface area contributed by atoms with Crippen LogP contribution < -0.4 is 10.1 Å². The topological polar surface area (TPSA) is 64.1 Å². The van der Waals surface area contributed by atoms with E-state index in [9.17, 15) is 4.79 Å². The molecule has 20 heavy (non-hydrogen) atoms. The van der Waals surface area contributed by atoms with Crippen LogP contribution in [-0.4, -0.2) is 23.0 Å². The summed E-state index contributed by atoms with van der Waals surface area (Å²) in [6.07, 6.45) is 1.21. The molecule has 0 aliphatic carbocycles. The first-order valence-electron chi connectivity index (χ1n) is 5.34. The van der Waals surface area contributed by atoms with E-state index >= 15 is 0 Å². The zero-order valence-electron chi connectivity index (χ0n) is 10.2. The molecule has 0 atom stereocenters. The van der Waals surface area contributed by atoms with Crippen LogP contribution in [0.15, 0.2) is 29.0 Å². The SMILES string of the molecule is COc1ccc(C(=O)Nc2c(Cl)ncnc2Cl)cc1Br. The molecule has 0 saturated heterocycles. The highest BCUT2D eigenvalue weighted by Gasteiger charge is 2.14. The number of aromatic nitrogens is 2. The van der Waals surface area contributed by atoms with Crippen molar-refractivity contribution < 1.29 is 9.53 Å². The van der Waals surface area contributed by atoms with Crippen molar-refractivity contribution in [3.63, 3.8) is 0 Å². The number of rotatable bonds is 3. The highest BCUT2D eigenvalue weighted by molar-refractivity contribution is 9.10. The molecule has 0 bridgehead atoms. The second-order valence-electron chi connectivity index (χ2n) is 3.63. The van der Waals surface area contributed by atoms with Crippen LogP contribution in [0.25, 0.3) is 0 Å². The molecule has 1 heterocycles. The van der Waals surface area contributed by atoms with E-state index in [1.54, 1.807) is 25.3 Å². The predicted octanol–water partition coefficient (Wildman–Crippen LogP) is 3.81. The van der Waals surface area contributed by atoms with E-state index in [-0.39, 0.29) is 21.9 Å². The van der Waals surface area contributed by atoms with Crippen molar-refractivity contribution in [2.45, 2.75) is 0 Å². The van der Waals surface area contributed by atoms with Crippen LogP contribution in [0, 0.1) is 0 Å². The molecule has 0 radical (unpaired) electrons. The van der Waals surface area contributed by atoms with Gasteiger partial charge in [-0.05, 0) is 34.1 Å². The standard InChI is InChI=1S/C12H8BrCl2N3O2/c1-20-8-3-2-6(4-7(8)13)12(19)18-9-10(14)16-5-17-11(9)15/h2-5H,1H3,(H,18,19). The van der Waals surface area contributed by atoms with Gasteiger partial charge in [0.05, 0.1) is 11.6 Å². The average molecular weight is 377 g/mol. The molecule has 1 aromatic carbocycles. The maximum Gasteiger partial charge on any atom is 0.255 e. The molecule has 1 N–H and O–H groups in total. The molecule has 8 heteroatoms. The highest BCUT2D eigenvalue weighted by atomic mass is 79.9. The van der Waals surface area contributed by atoms with Crippen molar-refractivity contribution in [3.05, 3.63) is 44.9 Å². The number of methoxy groups -OCH3 is 1. The monoisotopic (exact) mass is 375 g/mol. The minimum Gasteiger partial charge on any atom is -0.496 e. The van der Waals surface area contributed by atoms with E-state index in [1.807, 2.05) is 0 Å². The Bertz CT molecular complexity index is 647. The van der Waals surface area contributed by atoms with Gasteiger partial charge in [0.25, 0.3) is 5.91 Å². The number of halogens is 3. The van der Waals surface area contributed by atoms with Gasteiger partial charge in [-0.25, -0.2) is 9.97 Å². The second-order valence-corrected chi connectivity index (χ2v) is 5.20. The summed E-state index contributed by atoms with van der Waals surface area (Å²) in [5.41, 5.74) is 0.585. The van der Waals surface area contributed by atoms with E-state index in [0.717, 1.165) is 0 Å². The summed E-state index contributed by atoms with van der Waals surface area (Å²) in [7, 11) is 1.54. The first kappa shape index (κ1) is 15.0. The fourth-order valence-electron chi connectivity index (χ4n) is 1.44. The molecule has 0 aliphatic rings. The number of ether oxygens (including phenoxy) is 1. The number of carbonyl (C=O) groups is 1. The van der Waals surface area contributed by atoms with Gasteiger partial charge in [0, 0.05) is 5.56 Å². The lowest BCUT2D eigenvalue weighted by Crippen LogP contribution is -2.13. The molecule has 0 fully saturated rings. The normalized spacial score (nSPS) is 10.2. The molecule has 2 rings (SSSR count). The predicted molar refractivity (Wildman–Crippen MR) is 80.7 cm³/mol. The van der Waals surface area contributed by atoms with Gasteiger partial charge >= 0.3 is 0 Å². The van der Waals surface area contributed by atoms with Gasteiger partial charge in [0.2, 0.25) is 0 Å². The van der Waals surface area contributed by atoms with Gasteiger partial charge in [-0.3, -0.25) is 4.79 Å². The maximum atomic E-state index is 12.1. The van der Waals surface area contributed by atoms with Gasteiger partial charge in [-0.15, -0.1) is 0 Å². The highest BCUT2D eigenvalue weighted by Crippen LogP contribution is 2.28. The van der Waals surface area contributed by atoms with Crippen molar-refractivity contribution in [1.82, 2.24) is 9.97 Å². The Kier molecular flexibility index (Phi) is 4.80. The zero-order valence-corrected chi connectivity index (χ0v) is 13.3. The molecule has 1 amide bonds. The van der Waals surface area contributed by atoms with Gasteiger partial charge in [-0.1, -0.05) is 23.2 Å². The van der Waals surface area contributed by atoms with Crippen LogP contribution in [0.2, 0.25) is 10.3 Å². The van der Waals surface area contributed by atoms with E-state index < -0.39 is 0 Å². The van der Waals surface area contributed by atoms with Crippen molar-refractivity contribution in [1.29, 1.82) is 0 Å². The average Bonchev–Trinajstić information content (AvgIpc) is 2.42. The van der Waals surface area contributed by atoms with E-state index in [0.29, 0.717) is 15.8 Å². The van der Waals surface area contributed by atoms with Crippen LogP contribution in [0.1, 0.15) is 10.4 Å². The number of amides is 1. The number of nitrogens with zero attached hydrogens (tertiary/aromatic N) is 2. The number of anilines is 1. The molecule has 0 spiro atoms. The number of hydrogen-bond acceptors (Lipinski definition) is 4. The first-order valence-corrected chi connectivity index (χ1v) is 6.88. The fraction of sp³-hybridized carbons (Fsp3) is 0.0833. The summed E-state index contributed by atoms with van der Waals surface area (Å²) in [5.74, 6) is 0.243. The van der Waals surface area contributed by atoms with Crippen LogP contribution in [0.4, 0.5) is 5.69 Å². The Labute approximate surface area is 133 Å². The third-order valence-corrected chi connectivity index (χ3v) is 3.60. The van der Waals surface area contributed by atoms with Crippen molar-refractivity contribution in [3.8, 4) is 5.75 Å². The second kappa shape index (κ2) is 6.39. The third kappa shape index (κ3) is 3.20. The minimum absolute atomic E-state index is 0.0749. The largest absolute Gasteiger partial charge is 0.496 e. The molecular formula is C12H8BrCl2N3O2. The van der Waals surface area contributed by atoms with E-state index in [2.05, 4.69) is 31.2 Å².